The number of hydroxylamine groups is 2. The molecule has 2 aliphatic rings. The van der Waals surface area contributed by atoms with Gasteiger partial charge in [-0.2, -0.15) is 0 Å². The lowest BCUT2D eigenvalue weighted by Gasteiger charge is -2.15. The zero-order chi connectivity index (χ0) is 22.0. The van der Waals surface area contributed by atoms with E-state index >= 15 is 0 Å². The number of carbonyl (C=O) groups is 4. The molecule has 1 N–H and O–H groups in total. The van der Waals surface area contributed by atoms with E-state index in [4.69, 9.17) is 9.57 Å². The van der Waals surface area contributed by atoms with E-state index in [-0.39, 0.29) is 37.5 Å². The number of benzene rings is 2. The quantitative estimate of drug-likeness (QED) is 0.570. The van der Waals surface area contributed by atoms with Crippen LogP contribution in [-0.4, -0.2) is 42.1 Å². The van der Waals surface area contributed by atoms with Crippen LogP contribution >= 0.6 is 0 Å². The van der Waals surface area contributed by atoms with Gasteiger partial charge in [0.05, 0.1) is 12.1 Å². The number of ether oxygens (including phenoxy) is 1. The maximum Gasteiger partial charge on any atom is 0.407 e. The van der Waals surface area contributed by atoms with Gasteiger partial charge in [-0.15, -0.1) is 5.06 Å². The Morgan fingerprint density at radius 1 is 0.968 bits per heavy atom. The highest BCUT2D eigenvalue weighted by Crippen LogP contribution is 2.44. The van der Waals surface area contributed by atoms with Crippen LogP contribution in [-0.2, 0) is 24.0 Å². The van der Waals surface area contributed by atoms with Gasteiger partial charge in [-0.1, -0.05) is 55.1 Å². The minimum Gasteiger partial charge on any atom is -0.449 e. The third kappa shape index (κ3) is 4.05. The normalized spacial score (nSPS) is 14.8. The first kappa shape index (κ1) is 20.3. The van der Waals surface area contributed by atoms with Gasteiger partial charge in [0.1, 0.15) is 6.61 Å². The third-order valence-corrected chi connectivity index (χ3v) is 5.26. The van der Waals surface area contributed by atoms with Crippen molar-refractivity contribution in [2.45, 2.75) is 18.8 Å². The second-order valence-corrected chi connectivity index (χ2v) is 7.24. The Bertz CT molecular complexity index is 1030. The predicted octanol–water partition coefficient (Wildman–Crippen LogP) is 2.69. The van der Waals surface area contributed by atoms with Crippen molar-refractivity contribution >= 4 is 23.9 Å². The fourth-order valence-electron chi connectivity index (χ4n) is 3.71. The lowest BCUT2D eigenvalue weighted by Crippen LogP contribution is -2.35. The first-order chi connectivity index (χ1) is 15.0. The molecule has 0 atom stereocenters. The van der Waals surface area contributed by atoms with Crippen molar-refractivity contribution < 1.29 is 28.8 Å². The summed E-state index contributed by atoms with van der Waals surface area (Å²) in [6, 6.07) is 15.9. The van der Waals surface area contributed by atoms with E-state index in [1.54, 1.807) is 0 Å². The average Bonchev–Trinajstić information content (AvgIpc) is 3.27. The number of imide groups is 1. The molecule has 4 rings (SSSR count). The van der Waals surface area contributed by atoms with Crippen molar-refractivity contribution in [3.8, 4) is 11.1 Å². The molecule has 2 aromatic rings. The van der Waals surface area contributed by atoms with E-state index in [0.717, 1.165) is 22.3 Å². The molecule has 2 aromatic carbocycles. The number of amides is 3. The third-order valence-electron chi connectivity index (χ3n) is 5.26. The Morgan fingerprint density at radius 3 is 2.10 bits per heavy atom. The van der Waals surface area contributed by atoms with Gasteiger partial charge in [-0.3, -0.25) is 9.59 Å². The number of rotatable bonds is 6. The van der Waals surface area contributed by atoms with Crippen molar-refractivity contribution in [1.29, 1.82) is 0 Å². The highest BCUT2D eigenvalue weighted by molar-refractivity contribution is 6.02. The van der Waals surface area contributed by atoms with Gasteiger partial charge in [0.15, 0.2) is 0 Å². The zero-order valence-corrected chi connectivity index (χ0v) is 16.6. The molecule has 1 heterocycles. The monoisotopic (exact) mass is 420 g/mol. The maximum atomic E-state index is 12.2. The molecule has 8 nitrogen and oxygen atoms in total. The zero-order valence-electron chi connectivity index (χ0n) is 16.6. The molecule has 0 radical (unpaired) electrons. The molecule has 158 valence electrons. The van der Waals surface area contributed by atoms with Crippen LogP contribution in [0.1, 0.15) is 29.9 Å². The average molecular weight is 420 g/mol. The number of hydrogen-bond acceptors (Lipinski definition) is 6. The van der Waals surface area contributed by atoms with E-state index in [2.05, 4.69) is 11.9 Å². The molecular weight excluding hydrogens is 400 g/mol. The van der Waals surface area contributed by atoms with Crippen LogP contribution in [0.3, 0.4) is 0 Å². The van der Waals surface area contributed by atoms with Gasteiger partial charge in [-0.25, -0.2) is 9.59 Å². The molecule has 0 saturated carbocycles. The Balaban J connectivity index is 1.30. The second kappa shape index (κ2) is 8.43. The van der Waals surface area contributed by atoms with E-state index in [0.29, 0.717) is 5.06 Å². The molecular formula is C23H20N2O6. The summed E-state index contributed by atoms with van der Waals surface area (Å²) in [7, 11) is 0. The van der Waals surface area contributed by atoms with Crippen molar-refractivity contribution in [3.63, 3.8) is 0 Å². The second-order valence-electron chi connectivity index (χ2n) is 7.24. The SMILES string of the molecule is C=C(CNC(=O)OCC1c2ccccc2-c2ccccc21)C(=O)ON1C(=O)CCC1=O. The number of alkyl carbamates (subject to hydrolysis) is 1. The largest absolute Gasteiger partial charge is 0.449 e. The summed E-state index contributed by atoms with van der Waals surface area (Å²) in [5.74, 6) is -2.23. The van der Waals surface area contributed by atoms with Crippen molar-refractivity contribution in [3.05, 3.63) is 71.8 Å². The summed E-state index contributed by atoms with van der Waals surface area (Å²) in [5, 5.41) is 2.86. The van der Waals surface area contributed by atoms with Crippen LogP contribution < -0.4 is 5.32 Å². The van der Waals surface area contributed by atoms with Crippen LogP contribution in [0.5, 0.6) is 0 Å². The number of nitrogens with one attached hydrogen (secondary N) is 1. The van der Waals surface area contributed by atoms with Crippen LogP contribution in [0.4, 0.5) is 4.79 Å². The fourth-order valence-corrected chi connectivity index (χ4v) is 3.71. The minimum absolute atomic E-state index is 0.00338. The number of fused-ring (bicyclic) bond motifs is 3. The standard InChI is InChI=1S/C23H20N2O6/c1-14(22(28)31-25-20(26)10-11-21(25)27)12-24-23(29)30-13-19-17-8-4-2-6-15(17)16-7-3-5-9-18(16)19/h2-9,19H,1,10-13H2,(H,24,29). The molecule has 0 bridgehead atoms. The van der Waals surface area contributed by atoms with Gasteiger partial charge in [0.2, 0.25) is 0 Å². The number of carbonyl (C=O) groups excluding carboxylic acids is 4. The molecule has 0 unspecified atom stereocenters. The number of hydrogen-bond donors (Lipinski definition) is 1. The lowest BCUT2D eigenvalue weighted by atomic mass is 9.98. The Morgan fingerprint density at radius 2 is 1.52 bits per heavy atom. The van der Waals surface area contributed by atoms with Crippen LogP contribution in [0.15, 0.2) is 60.7 Å². The first-order valence-electron chi connectivity index (χ1n) is 9.80. The molecule has 3 amide bonds. The van der Waals surface area contributed by atoms with Crippen LogP contribution in [0, 0.1) is 0 Å². The molecule has 1 aliphatic carbocycles. The molecule has 0 aromatic heterocycles. The highest BCUT2D eigenvalue weighted by atomic mass is 16.7. The van der Waals surface area contributed by atoms with E-state index in [1.807, 2.05) is 48.5 Å². The van der Waals surface area contributed by atoms with E-state index in [1.165, 1.54) is 0 Å². The summed E-state index contributed by atoms with van der Waals surface area (Å²) in [4.78, 5) is 51.9. The topological polar surface area (TPSA) is 102 Å². The maximum absolute atomic E-state index is 12.2. The highest BCUT2D eigenvalue weighted by Gasteiger charge is 2.33. The Labute approximate surface area is 178 Å². The lowest BCUT2D eigenvalue weighted by molar-refractivity contribution is -0.194. The first-order valence-corrected chi connectivity index (χ1v) is 9.80. The molecule has 8 heteroatoms. The molecule has 1 fully saturated rings. The molecule has 31 heavy (non-hydrogen) atoms. The molecule has 1 saturated heterocycles. The Hall–Kier alpha value is -3.94. The van der Waals surface area contributed by atoms with Gasteiger partial charge in [-0.05, 0) is 22.3 Å². The van der Waals surface area contributed by atoms with Crippen LogP contribution in [0.25, 0.3) is 11.1 Å². The summed E-state index contributed by atoms with van der Waals surface area (Å²) in [6.07, 6.45) is -0.725. The molecule has 0 spiro atoms. The summed E-state index contributed by atoms with van der Waals surface area (Å²) in [5.41, 5.74) is 4.29. The van der Waals surface area contributed by atoms with Gasteiger partial charge in [0.25, 0.3) is 11.8 Å². The number of nitrogens with zero attached hydrogens (tertiary/aromatic N) is 1. The Kier molecular flexibility index (Phi) is 5.53. The van der Waals surface area contributed by atoms with Gasteiger partial charge >= 0.3 is 12.1 Å². The minimum atomic E-state index is -0.970. The van der Waals surface area contributed by atoms with E-state index < -0.39 is 23.9 Å². The fraction of sp³-hybridized carbons (Fsp3) is 0.217. The summed E-state index contributed by atoms with van der Waals surface area (Å²) in [6.45, 7) is 3.41. The van der Waals surface area contributed by atoms with E-state index in [9.17, 15) is 19.2 Å². The van der Waals surface area contributed by atoms with Gasteiger partial charge in [0, 0.05) is 18.8 Å². The van der Waals surface area contributed by atoms with Crippen LogP contribution in [0.2, 0.25) is 0 Å². The summed E-state index contributed by atoms with van der Waals surface area (Å²) >= 11 is 0. The van der Waals surface area contributed by atoms with Crippen molar-refractivity contribution in [2.75, 3.05) is 13.2 Å². The van der Waals surface area contributed by atoms with Gasteiger partial charge < -0.3 is 14.9 Å². The smallest absolute Gasteiger partial charge is 0.407 e. The predicted molar refractivity (Wildman–Crippen MR) is 109 cm³/mol. The summed E-state index contributed by atoms with van der Waals surface area (Å²) < 4.78 is 5.38. The van der Waals surface area contributed by atoms with Crippen molar-refractivity contribution in [1.82, 2.24) is 10.4 Å². The van der Waals surface area contributed by atoms with Crippen molar-refractivity contribution in [2.24, 2.45) is 0 Å². The molecule has 1 aliphatic heterocycles.